The Bertz CT molecular complexity index is 946. The van der Waals surface area contributed by atoms with Crippen LogP contribution >= 0.6 is 15.9 Å². The number of aryl methyl sites for hydroxylation is 1. The van der Waals surface area contributed by atoms with Crippen LogP contribution in [-0.2, 0) is 19.6 Å². The van der Waals surface area contributed by atoms with E-state index in [2.05, 4.69) is 31.3 Å². The zero-order valence-corrected chi connectivity index (χ0v) is 17.9. The Morgan fingerprint density at radius 2 is 1.64 bits per heavy atom. The Morgan fingerprint density at radius 1 is 1.00 bits per heavy atom. The predicted octanol–water partition coefficient (Wildman–Crippen LogP) is 2.03. The normalized spacial score (nSPS) is 12.2. The van der Waals surface area contributed by atoms with Gasteiger partial charge in [-0.2, -0.15) is 0 Å². The van der Waals surface area contributed by atoms with Crippen molar-refractivity contribution in [3.05, 3.63) is 64.1 Å². The number of halogens is 1. The Kier molecular flexibility index (Phi) is 7.73. The van der Waals surface area contributed by atoms with E-state index in [0.29, 0.717) is 0 Å². The van der Waals surface area contributed by atoms with E-state index in [0.717, 1.165) is 15.6 Å². The maximum atomic E-state index is 12.1. The van der Waals surface area contributed by atoms with Gasteiger partial charge in [-0.1, -0.05) is 51.8 Å². The molecule has 150 valence electrons. The molecule has 2 rings (SSSR count). The molecule has 3 N–H and O–H groups in total. The smallest absolute Gasteiger partial charge is 0.241 e. The van der Waals surface area contributed by atoms with Crippen LogP contribution in [0.25, 0.3) is 0 Å². The van der Waals surface area contributed by atoms with Gasteiger partial charge in [-0.3, -0.25) is 9.59 Å². The number of rotatable bonds is 8. The number of carbonyl (C=O) groups is 2. The van der Waals surface area contributed by atoms with E-state index in [1.807, 2.05) is 38.1 Å². The number of benzene rings is 2. The Hall–Kier alpha value is -2.23. The molecule has 2 amide bonds. The van der Waals surface area contributed by atoms with E-state index >= 15 is 0 Å². The molecule has 0 fully saturated rings. The molecule has 0 aliphatic carbocycles. The van der Waals surface area contributed by atoms with Crippen molar-refractivity contribution in [1.82, 2.24) is 15.4 Å². The van der Waals surface area contributed by atoms with Crippen LogP contribution in [-0.4, -0.2) is 33.3 Å². The summed E-state index contributed by atoms with van der Waals surface area (Å²) in [5.74, 6) is -0.975. The Balaban J connectivity index is 1.79. The van der Waals surface area contributed by atoms with Crippen LogP contribution in [0.1, 0.15) is 24.1 Å². The average molecular weight is 468 g/mol. The lowest BCUT2D eigenvalue weighted by Crippen LogP contribution is -2.42. The summed E-state index contributed by atoms with van der Waals surface area (Å²) in [6, 6.07) is 13.5. The van der Waals surface area contributed by atoms with Gasteiger partial charge in [0, 0.05) is 4.47 Å². The second kappa shape index (κ2) is 9.81. The second-order valence-corrected chi connectivity index (χ2v) is 8.85. The fourth-order valence-electron chi connectivity index (χ4n) is 2.40. The summed E-state index contributed by atoms with van der Waals surface area (Å²) in [6.07, 6.45) is 0. The number of nitrogens with one attached hydrogen (secondary N) is 3. The molecule has 0 aliphatic rings. The highest BCUT2D eigenvalue weighted by Gasteiger charge is 2.16. The molecule has 0 bridgehead atoms. The fourth-order valence-corrected chi connectivity index (χ4v) is 4.01. The van der Waals surface area contributed by atoms with Crippen LogP contribution in [0.2, 0.25) is 0 Å². The van der Waals surface area contributed by atoms with Crippen LogP contribution < -0.4 is 15.4 Å². The van der Waals surface area contributed by atoms with Crippen molar-refractivity contribution < 1.29 is 18.0 Å². The number of amides is 2. The highest BCUT2D eigenvalue weighted by molar-refractivity contribution is 9.10. The van der Waals surface area contributed by atoms with Gasteiger partial charge in [-0.25, -0.2) is 13.1 Å². The maximum absolute atomic E-state index is 12.1. The Morgan fingerprint density at radius 3 is 2.29 bits per heavy atom. The number of sulfonamides is 1. The van der Waals surface area contributed by atoms with Crippen molar-refractivity contribution in [1.29, 1.82) is 0 Å². The lowest BCUT2D eigenvalue weighted by molar-refractivity contribution is -0.125. The van der Waals surface area contributed by atoms with Gasteiger partial charge < -0.3 is 10.6 Å². The number of hydrogen-bond acceptors (Lipinski definition) is 4. The summed E-state index contributed by atoms with van der Waals surface area (Å²) in [7, 11) is -3.79. The summed E-state index contributed by atoms with van der Waals surface area (Å²) in [6.45, 7) is 2.97. The third kappa shape index (κ3) is 6.43. The summed E-state index contributed by atoms with van der Waals surface area (Å²) >= 11 is 3.43. The highest BCUT2D eigenvalue weighted by atomic mass is 79.9. The van der Waals surface area contributed by atoms with E-state index in [1.165, 1.54) is 12.1 Å². The number of carbonyl (C=O) groups excluding carboxylic acids is 2. The first-order chi connectivity index (χ1) is 13.2. The summed E-state index contributed by atoms with van der Waals surface area (Å²) < 4.78 is 27.4. The van der Waals surface area contributed by atoms with E-state index in [-0.39, 0.29) is 23.4 Å². The highest BCUT2D eigenvalue weighted by Crippen LogP contribution is 2.22. The minimum atomic E-state index is -3.79. The molecule has 0 saturated heterocycles. The van der Waals surface area contributed by atoms with Gasteiger partial charge in [0.2, 0.25) is 21.8 Å². The molecular weight excluding hydrogens is 446 g/mol. The molecule has 0 heterocycles. The molecule has 2 aromatic carbocycles. The summed E-state index contributed by atoms with van der Waals surface area (Å²) in [5.41, 5.74) is 1.84. The van der Waals surface area contributed by atoms with Gasteiger partial charge in [0.25, 0.3) is 0 Å². The van der Waals surface area contributed by atoms with Crippen LogP contribution in [0.3, 0.4) is 0 Å². The summed E-state index contributed by atoms with van der Waals surface area (Å²) in [5, 5.41) is 5.17. The maximum Gasteiger partial charge on any atom is 0.241 e. The van der Waals surface area contributed by atoms with Gasteiger partial charge in [0.05, 0.1) is 24.0 Å². The van der Waals surface area contributed by atoms with Crippen LogP contribution in [0, 0.1) is 6.92 Å². The van der Waals surface area contributed by atoms with Crippen molar-refractivity contribution in [2.75, 3.05) is 13.1 Å². The quantitative estimate of drug-likeness (QED) is 0.552. The minimum Gasteiger partial charge on any atom is -0.348 e. The molecule has 0 aromatic heterocycles. The van der Waals surface area contributed by atoms with Crippen molar-refractivity contribution >= 4 is 37.8 Å². The SMILES string of the molecule is Cc1ccc(S(=O)(=O)NCC(=O)NCC(=O)NC(C)c2ccccc2Br)cc1. The lowest BCUT2D eigenvalue weighted by Gasteiger charge is -2.16. The van der Waals surface area contributed by atoms with E-state index in [1.54, 1.807) is 12.1 Å². The van der Waals surface area contributed by atoms with Crippen LogP contribution in [0.5, 0.6) is 0 Å². The molecule has 7 nitrogen and oxygen atoms in total. The monoisotopic (exact) mass is 467 g/mol. The standard InChI is InChI=1S/C19H22BrN3O4S/c1-13-7-9-15(10-8-13)28(26,27)22-12-18(24)21-11-19(25)23-14(2)16-5-3-4-6-17(16)20/h3-10,14,22H,11-12H2,1-2H3,(H,21,24)(H,23,25). The molecule has 0 radical (unpaired) electrons. The minimum absolute atomic E-state index is 0.0749. The molecule has 1 atom stereocenters. The molecule has 9 heteroatoms. The molecule has 28 heavy (non-hydrogen) atoms. The van der Waals surface area contributed by atoms with Crippen molar-refractivity contribution in [2.45, 2.75) is 24.8 Å². The zero-order valence-electron chi connectivity index (χ0n) is 15.5. The topological polar surface area (TPSA) is 104 Å². The third-order valence-electron chi connectivity index (χ3n) is 3.95. The largest absolute Gasteiger partial charge is 0.348 e. The van der Waals surface area contributed by atoms with Gasteiger partial charge in [0.1, 0.15) is 0 Å². The average Bonchev–Trinajstić information content (AvgIpc) is 2.65. The van der Waals surface area contributed by atoms with Crippen molar-refractivity contribution in [3.63, 3.8) is 0 Å². The van der Waals surface area contributed by atoms with Gasteiger partial charge >= 0.3 is 0 Å². The number of hydrogen-bond donors (Lipinski definition) is 3. The van der Waals surface area contributed by atoms with Gasteiger partial charge in [0.15, 0.2) is 0 Å². The van der Waals surface area contributed by atoms with Gasteiger partial charge in [-0.15, -0.1) is 0 Å². The summed E-state index contributed by atoms with van der Waals surface area (Å²) in [4.78, 5) is 24.0. The predicted molar refractivity (Wildman–Crippen MR) is 110 cm³/mol. The third-order valence-corrected chi connectivity index (χ3v) is 6.09. The second-order valence-electron chi connectivity index (χ2n) is 6.23. The van der Waals surface area contributed by atoms with Crippen molar-refractivity contribution in [2.24, 2.45) is 0 Å². The molecule has 0 aliphatic heterocycles. The van der Waals surface area contributed by atoms with Crippen molar-refractivity contribution in [3.8, 4) is 0 Å². The lowest BCUT2D eigenvalue weighted by atomic mass is 10.1. The van der Waals surface area contributed by atoms with Gasteiger partial charge in [-0.05, 0) is 37.6 Å². The van der Waals surface area contributed by atoms with E-state index in [9.17, 15) is 18.0 Å². The van der Waals surface area contributed by atoms with E-state index in [4.69, 9.17) is 0 Å². The molecule has 1 unspecified atom stereocenters. The fraction of sp³-hybridized carbons (Fsp3) is 0.263. The van der Waals surface area contributed by atoms with E-state index < -0.39 is 22.5 Å². The van der Waals surface area contributed by atoms with Crippen LogP contribution in [0.15, 0.2) is 57.9 Å². The first-order valence-corrected chi connectivity index (χ1v) is 10.8. The first-order valence-electron chi connectivity index (χ1n) is 8.56. The Labute approximate surface area is 173 Å². The zero-order chi connectivity index (χ0) is 20.7. The molecule has 2 aromatic rings. The molecular formula is C19H22BrN3O4S. The molecule has 0 saturated carbocycles. The van der Waals surface area contributed by atoms with Crippen LogP contribution in [0.4, 0.5) is 0 Å². The first kappa shape index (κ1) is 22.1. The molecule has 0 spiro atoms.